The standard InChI is InChI=1S/C13H7Cl6N3O2S/c14-12(15,16)9-20-8(21-10(22-9)13(17,18)19)7-3-1-6(2-4-7)5-25-11(23)24/h1-4H,5H2,(H,23,24). The lowest BCUT2D eigenvalue weighted by Gasteiger charge is -2.15. The second-order valence-electron chi connectivity index (χ2n) is 4.55. The van der Waals surface area contributed by atoms with Gasteiger partial charge in [-0.2, -0.15) is 0 Å². The van der Waals surface area contributed by atoms with Crippen LogP contribution in [0.4, 0.5) is 4.79 Å². The van der Waals surface area contributed by atoms with Gasteiger partial charge < -0.3 is 5.11 Å². The number of carbonyl (C=O) groups is 1. The van der Waals surface area contributed by atoms with Crippen LogP contribution in [0.15, 0.2) is 24.3 Å². The van der Waals surface area contributed by atoms with Crippen molar-refractivity contribution in [2.75, 3.05) is 0 Å². The molecule has 2 rings (SSSR count). The highest BCUT2D eigenvalue weighted by Gasteiger charge is 2.33. The molecule has 0 spiro atoms. The normalized spacial score (nSPS) is 12.2. The number of rotatable bonds is 3. The van der Waals surface area contributed by atoms with E-state index in [0.717, 1.165) is 17.3 Å². The minimum absolute atomic E-state index is 0.148. The maximum atomic E-state index is 10.6. The van der Waals surface area contributed by atoms with E-state index in [0.29, 0.717) is 11.3 Å². The highest BCUT2D eigenvalue weighted by molar-refractivity contribution is 8.12. The Labute approximate surface area is 177 Å². The van der Waals surface area contributed by atoms with Crippen LogP contribution in [0.3, 0.4) is 0 Å². The van der Waals surface area contributed by atoms with Crippen molar-refractivity contribution in [3.05, 3.63) is 41.5 Å². The molecule has 0 atom stereocenters. The summed E-state index contributed by atoms with van der Waals surface area (Å²) in [6, 6.07) is 6.80. The van der Waals surface area contributed by atoms with E-state index in [4.69, 9.17) is 74.7 Å². The fraction of sp³-hybridized carbons (Fsp3) is 0.231. The fourth-order valence-electron chi connectivity index (χ4n) is 1.65. The zero-order valence-corrected chi connectivity index (χ0v) is 17.2. The van der Waals surface area contributed by atoms with E-state index in [2.05, 4.69) is 15.0 Å². The van der Waals surface area contributed by atoms with Crippen molar-refractivity contribution >= 4 is 86.7 Å². The van der Waals surface area contributed by atoms with Gasteiger partial charge in [0.25, 0.3) is 0 Å². The summed E-state index contributed by atoms with van der Waals surface area (Å²) in [6.07, 6.45) is 0. The molecule has 5 nitrogen and oxygen atoms in total. The Morgan fingerprint density at radius 2 is 1.40 bits per heavy atom. The van der Waals surface area contributed by atoms with Crippen LogP contribution in [0.25, 0.3) is 11.4 Å². The van der Waals surface area contributed by atoms with Crippen LogP contribution in [0.2, 0.25) is 0 Å². The van der Waals surface area contributed by atoms with Crippen molar-refractivity contribution in [3.63, 3.8) is 0 Å². The summed E-state index contributed by atoms with van der Waals surface area (Å²) in [5.74, 6) is 0.0878. The van der Waals surface area contributed by atoms with E-state index in [-0.39, 0.29) is 17.5 Å². The largest absolute Gasteiger partial charge is 0.473 e. The molecular formula is C13H7Cl6N3O2S. The molecule has 1 aromatic carbocycles. The summed E-state index contributed by atoms with van der Waals surface area (Å²) < 4.78 is -3.86. The number of carboxylic acid groups (broad SMARTS) is 1. The highest BCUT2D eigenvalue weighted by atomic mass is 35.6. The first kappa shape index (κ1) is 21.1. The van der Waals surface area contributed by atoms with Crippen molar-refractivity contribution in [1.82, 2.24) is 15.0 Å². The lowest BCUT2D eigenvalue weighted by Crippen LogP contribution is -2.16. The number of hydrogen-bond acceptors (Lipinski definition) is 5. The number of aromatic nitrogens is 3. The van der Waals surface area contributed by atoms with Gasteiger partial charge in [-0.1, -0.05) is 93.9 Å². The quantitative estimate of drug-likeness (QED) is 0.533. The monoisotopic (exact) mass is 479 g/mol. The summed E-state index contributed by atoms with van der Waals surface area (Å²) in [4.78, 5) is 22.7. The van der Waals surface area contributed by atoms with Crippen LogP contribution in [-0.2, 0) is 13.3 Å². The Bertz CT molecular complexity index is 745. The maximum Gasteiger partial charge on any atom is 0.365 e. The summed E-state index contributed by atoms with van der Waals surface area (Å²) in [5, 5.41) is 7.72. The van der Waals surface area contributed by atoms with Crippen LogP contribution in [0.5, 0.6) is 0 Å². The molecule has 1 N–H and O–H groups in total. The number of thioether (sulfide) groups is 1. The van der Waals surface area contributed by atoms with Gasteiger partial charge in [-0.15, -0.1) is 0 Å². The SMILES string of the molecule is O=C(O)SCc1ccc(-c2nc(C(Cl)(Cl)Cl)nc(C(Cl)(Cl)Cl)n2)cc1. The highest BCUT2D eigenvalue weighted by Crippen LogP contribution is 2.40. The van der Waals surface area contributed by atoms with Crippen LogP contribution in [-0.4, -0.2) is 25.4 Å². The van der Waals surface area contributed by atoms with E-state index >= 15 is 0 Å². The molecule has 0 aliphatic rings. The van der Waals surface area contributed by atoms with Crippen molar-refractivity contribution < 1.29 is 9.90 Å². The number of alkyl halides is 6. The third-order valence-corrected chi connectivity index (χ3v) is 4.46. The number of hydrogen-bond donors (Lipinski definition) is 1. The van der Waals surface area contributed by atoms with Gasteiger partial charge >= 0.3 is 5.30 Å². The second-order valence-corrected chi connectivity index (χ2v) is 10.0. The molecule has 12 heteroatoms. The van der Waals surface area contributed by atoms with Gasteiger partial charge in [-0.3, -0.25) is 0 Å². The number of halogens is 6. The predicted molar refractivity (Wildman–Crippen MR) is 103 cm³/mol. The predicted octanol–water partition coefficient (Wildman–Crippen LogP) is 6.10. The smallest absolute Gasteiger partial charge is 0.365 e. The van der Waals surface area contributed by atoms with Crippen molar-refractivity contribution in [2.24, 2.45) is 0 Å². The topological polar surface area (TPSA) is 76.0 Å². The molecule has 0 fully saturated rings. The van der Waals surface area contributed by atoms with Gasteiger partial charge in [-0.05, 0) is 17.3 Å². The molecule has 0 aliphatic carbocycles. The first-order valence-corrected chi connectivity index (χ1v) is 9.57. The molecular weight excluding hydrogens is 475 g/mol. The van der Waals surface area contributed by atoms with Crippen LogP contribution >= 0.6 is 81.4 Å². The Morgan fingerprint density at radius 1 is 0.920 bits per heavy atom. The Balaban J connectivity index is 2.42. The van der Waals surface area contributed by atoms with Gasteiger partial charge in [0.05, 0.1) is 0 Å². The minimum Gasteiger partial charge on any atom is -0.473 e. The molecule has 2 aromatic rings. The molecule has 1 aromatic heterocycles. The third-order valence-electron chi connectivity index (χ3n) is 2.72. The fourth-order valence-corrected chi connectivity index (χ4v) is 2.64. The Kier molecular flexibility index (Phi) is 6.93. The zero-order valence-electron chi connectivity index (χ0n) is 11.9. The first-order valence-electron chi connectivity index (χ1n) is 6.32. The lowest BCUT2D eigenvalue weighted by atomic mass is 10.1. The molecule has 1 heterocycles. The second kappa shape index (κ2) is 8.21. The van der Waals surface area contributed by atoms with Gasteiger partial charge in [0, 0.05) is 11.3 Å². The van der Waals surface area contributed by atoms with Crippen LogP contribution < -0.4 is 0 Å². The molecule has 0 saturated heterocycles. The molecule has 0 aliphatic heterocycles. The Hall–Kier alpha value is -0.210. The van der Waals surface area contributed by atoms with Crippen molar-refractivity contribution in [2.45, 2.75) is 13.3 Å². The molecule has 134 valence electrons. The van der Waals surface area contributed by atoms with Crippen LogP contribution in [0.1, 0.15) is 17.2 Å². The number of benzene rings is 1. The van der Waals surface area contributed by atoms with Gasteiger partial charge in [0.1, 0.15) is 0 Å². The van der Waals surface area contributed by atoms with E-state index in [1.807, 2.05) is 0 Å². The van der Waals surface area contributed by atoms with E-state index in [1.165, 1.54) is 0 Å². The third kappa shape index (κ3) is 6.17. The van der Waals surface area contributed by atoms with Crippen molar-refractivity contribution in [3.8, 4) is 11.4 Å². The summed E-state index contributed by atoms with van der Waals surface area (Å²) in [6.45, 7) is 0. The first-order chi connectivity index (χ1) is 11.5. The van der Waals surface area contributed by atoms with Gasteiger partial charge in [-0.25, -0.2) is 19.7 Å². The van der Waals surface area contributed by atoms with E-state index in [1.54, 1.807) is 24.3 Å². The summed E-state index contributed by atoms with van der Waals surface area (Å²) in [7, 11) is 0. The number of nitrogens with zero attached hydrogens (tertiary/aromatic N) is 3. The summed E-state index contributed by atoms with van der Waals surface area (Å²) >= 11 is 35.7. The molecule has 0 amide bonds. The molecule has 0 saturated carbocycles. The average Bonchev–Trinajstić information content (AvgIpc) is 2.51. The molecule has 0 radical (unpaired) electrons. The average molecular weight is 482 g/mol. The zero-order chi connectivity index (χ0) is 18.8. The van der Waals surface area contributed by atoms with E-state index < -0.39 is 12.9 Å². The molecule has 0 bridgehead atoms. The van der Waals surface area contributed by atoms with Gasteiger partial charge in [0.15, 0.2) is 17.5 Å². The van der Waals surface area contributed by atoms with Gasteiger partial charge in [0.2, 0.25) is 7.59 Å². The minimum atomic E-state index is -1.93. The Morgan fingerprint density at radius 3 is 1.80 bits per heavy atom. The summed E-state index contributed by atoms with van der Waals surface area (Å²) in [5.41, 5.74) is 1.35. The van der Waals surface area contributed by atoms with Crippen molar-refractivity contribution in [1.29, 1.82) is 0 Å². The van der Waals surface area contributed by atoms with E-state index in [9.17, 15) is 4.79 Å². The molecule has 25 heavy (non-hydrogen) atoms. The lowest BCUT2D eigenvalue weighted by molar-refractivity contribution is 0.222. The molecule has 0 unspecified atom stereocenters. The maximum absolute atomic E-state index is 10.6. The van der Waals surface area contributed by atoms with Crippen LogP contribution in [0, 0.1) is 0 Å².